The lowest BCUT2D eigenvalue weighted by atomic mass is 9.70. The summed E-state index contributed by atoms with van der Waals surface area (Å²) < 4.78 is 0. The summed E-state index contributed by atoms with van der Waals surface area (Å²) in [6, 6.07) is 7.50. The molecule has 16 heavy (non-hydrogen) atoms. The second kappa shape index (κ2) is 2.74. The fourth-order valence-electron chi connectivity index (χ4n) is 2.38. The van der Waals surface area contributed by atoms with Crippen molar-refractivity contribution in [2.45, 2.75) is 11.7 Å². The highest BCUT2D eigenvalue weighted by molar-refractivity contribution is 6.18. The normalized spacial score (nSPS) is 25.4. The highest BCUT2D eigenvalue weighted by Crippen LogP contribution is 2.49. The lowest BCUT2D eigenvalue weighted by molar-refractivity contribution is 0.471. The Morgan fingerprint density at radius 1 is 1.06 bits per heavy atom. The van der Waals surface area contributed by atoms with Crippen molar-refractivity contribution in [3.8, 4) is 0 Å². The van der Waals surface area contributed by atoms with Crippen LogP contribution in [0.15, 0.2) is 36.0 Å². The molecule has 0 fully saturated rings. The molecule has 1 aromatic rings. The van der Waals surface area contributed by atoms with Gasteiger partial charge in [0.2, 0.25) is 0 Å². The van der Waals surface area contributed by atoms with Gasteiger partial charge < -0.3 is 22.9 Å². The molecule has 0 heterocycles. The molecule has 2 aliphatic carbocycles. The van der Waals surface area contributed by atoms with Crippen molar-refractivity contribution in [1.29, 1.82) is 0 Å². The van der Waals surface area contributed by atoms with E-state index in [1.165, 1.54) is 0 Å². The van der Waals surface area contributed by atoms with E-state index in [0.29, 0.717) is 5.70 Å². The van der Waals surface area contributed by atoms with Crippen LogP contribution in [-0.4, -0.2) is 11.7 Å². The third-order valence-electron chi connectivity index (χ3n) is 3.31. The molecule has 0 amide bonds. The molecule has 0 bridgehead atoms. The van der Waals surface area contributed by atoms with Crippen molar-refractivity contribution in [2.75, 3.05) is 0 Å². The Morgan fingerprint density at radius 2 is 1.69 bits per heavy atom. The molecule has 0 radical (unpaired) electrons. The predicted octanol–water partition coefficient (Wildman–Crippen LogP) is -0.292. The molecule has 1 aromatic carbocycles. The summed E-state index contributed by atoms with van der Waals surface area (Å²) in [6.07, 6.45) is 1.81. The van der Waals surface area contributed by atoms with Crippen molar-refractivity contribution in [3.63, 3.8) is 0 Å². The maximum absolute atomic E-state index is 6.01. The van der Waals surface area contributed by atoms with Gasteiger partial charge in [-0.1, -0.05) is 24.3 Å². The van der Waals surface area contributed by atoms with Gasteiger partial charge >= 0.3 is 0 Å². The molecule has 2 aliphatic rings. The van der Waals surface area contributed by atoms with Gasteiger partial charge in [0.15, 0.2) is 0 Å². The van der Waals surface area contributed by atoms with Gasteiger partial charge in [0.25, 0.3) is 0 Å². The second-order valence-corrected chi connectivity index (χ2v) is 4.41. The molecular weight excluding hydrogens is 200 g/mol. The standard InChI is InChI=1S/C12H14N4/c13-10-9-7-4-2-1-3-6(7)8(9)5-12(15,16)11(10)14/h1-5,11H,13-16H2. The lowest BCUT2D eigenvalue weighted by Gasteiger charge is -2.40. The third-order valence-corrected chi connectivity index (χ3v) is 3.31. The number of nitrogens with two attached hydrogens (primary N) is 4. The molecular formula is C12H14N4. The van der Waals surface area contributed by atoms with Gasteiger partial charge in [-0.25, -0.2) is 0 Å². The monoisotopic (exact) mass is 214 g/mol. The zero-order valence-corrected chi connectivity index (χ0v) is 8.77. The molecule has 82 valence electrons. The minimum absolute atomic E-state index is 0.528. The van der Waals surface area contributed by atoms with Gasteiger partial charge in [-0.05, 0) is 22.8 Å². The van der Waals surface area contributed by atoms with Crippen LogP contribution in [0.4, 0.5) is 0 Å². The third kappa shape index (κ3) is 0.983. The second-order valence-electron chi connectivity index (χ2n) is 4.41. The largest absolute Gasteiger partial charge is 0.400 e. The Bertz CT molecular complexity index is 540. The van der Waals surface area contributed by atoms with Gasteiger partial charge in [-0.3, -0.25) is 0 Å². The predicted molar refractivity (Wildman–Crippen MR) is 64.6 cm³/mol. The smallest absolute Gasteiger partial charge is 0.105 e. The van der Waals surface area contributed by atoms with E-state index >= 15 is 0 Å². The molecule has 4 nitrogen and oxygen atoms in total. The van der Waals surface area contributed by atoms with Crippen LogP contribution in [0.2, 0.25) is 0 Å². The number of rotatable bonds is 0. The van der Waals surface area contributed by atoms with Crippen molar-refractivity contribution < 1.29 is 0 Å². The SMILES string of the molecule is NC1=C2C(=CC(N)(N)C1N)c1ccccc12. The summed E-state index contributed by atoms with van der Waals surface area (Å²) in [7, 11) is 0. The summed E-state index contributed by atoms with van der Waals surface area (Å²) in [5.41, 5.74) is 27.6. The fourth-order valence-corrected chi connectivity index (χ4v) is 2.38. The van der Waals surface area contributed by atoms with Crippen LogP contribution in [0.5, 0.6) is 0 Å². The molecule has 0 saturated heterocycles. The molecule has 0 aliphatic heterocycles. The van der Waals surface area contributed by atoms with E-state index in [4.69, 9.17) is 22.9 Å². The summed E-state index contributed by atoms with van der Waals surface area (Å²) >= 11 is 0. The summed E-state index contributed by atoms with van der Waals surface area (Å²) in [6.45, 7) is 0. The topological polar surface area (TPSA) is 104 Å². The van der Waals surface area contributed by atoms with E-state index in [1.54, 1.807) is 0 Å². The Hall–Kier alpha value is -1.62. The van der Waals surface area contributed by atoms with E-state index in [9.17, 15) is 0 Å². The van der Waals surface area contributed by atoms with Crippen LogP contribution in [0, 0.1) is 0 Å². The van der Waals surface area contributed by atoms with Crippen LogP contribution in [0.1, 0.15) is 11.1 Å². The first-order valence-electron chi connectivity index (χ1n) is 5.18. The lowest BCUT2D eigenvalue weighted by Crippen LogP contribution is -2.64. The molecule has 3 rings (SSSR count). The highest BCUT2D eigenvalue weighted by atomic mass is 15.0. The number of benzene rings is 1. The average Bonchev–Trinajstić information content (AvgIpc) is 2.24. The van der Waals surface area contributed by atoms with E-state index < -0.39 is 11.7 Å². The quantitative estimate of drug-likeness (QED) is 0.445. The van der Waals surface area contributed by atoms with Crippen LogP contribution < -0.4 is 22.9 Å². The van der Waals surface area contributed by atoms with Crippen molar-refractivity contribution in [3.05, 3.63) is 47.2 Å². The number of allylic oxidation sites excluding steroid dienone is 2. The number of hydrogen-bond acceptors (Lipinski definition) is 4. The molecule has 0 aromatic heterocycles. The number of fused-ring (bicyclic) bond motifs is 4. The van der Waals surface area contributed by atoms with Crippen LogP contribution in [-0.2, 0) is 0 Å². The summed E-state index contributed by atoms with van der Waals surface area (Å²) in [5, 5.41) is 0. The van der Waals surface area contributed by atoms with Crippen molar-refractivity contribution in [1.82, 2.24) is 0 Å². The first kappa shape index (κ1) is 9.59. The zero-order valence-electron chi connectivity index (χ0n) is 8.77. The minimum Gasteiger partial charge on any atom is -0.400 e. The number of hydrogen-bond donors (Lipinski definition) is 4. The van der Waals surface area contributed by atoms with Gasteiger partial charge in [0, 0.05) is 11.3 Å². The minimum atomic E-state index is -1.06. The van der Waals surface area contributed by atoms with E-state index in [1.807, 2.05) is 30.3 Å². The molecule has 8 N–H and O–H groups in total. The first-order chi connectivity index (χ1) is 7.52. The van der Waals surface area contributed by atoms with Crippen molar-refractivity contribution >= 4 is 11.1 Å². The Labute approximate surface area is 93.6 Å². The zero-order chi connectivity index (χ0) is 11.5. The van der Waals surface area contributed by atoms with Gasteiger partial charge in [0.1, 0.15) is 5.66 Å². The van der Waals surface area contributed by atoms with Crippen LogP contribution >= 0.6 is 0 Å². The van der Waals surface area contributed by atoms with E-state index in [-0.39, 0.29) is 0 Å². The van der Waals surface area contributed by atoms with Crippen molar-refractivity contribution in [2.24, 2.45) is 22.9 Å². The van der Waals surface area contributed by atoms with Crippen LogP contribution in [0.3, 0.4) is 0 Å². The molecule has 0 spiro atoms. The molecule has 1 atom stereocenters. The summed E-state index contributed by atoms with van der Waals surface area (Å²) in [5.74, 6) is 0. The Morgan fingerprint density at radius 3 is 2.38 bits per heavy atom. The van der Waals surface area contributed by atoms with Gasteiger partial charge in [-0.2, -0.15) is 0 Å². The average molecular weight is 214 g/mol. The summed E-state index contributed by atoms with van der Waals surface area (Å²) in [4.78, 5) is 0. The van der Waals surface area contributed by atoms with E-state index in [0.717, 1.165) is 22.3 Å². The molecule has 0 saturated carbocycles. The maximum Gasteiger partial charge on any atom is 0.105 e. The molecule has 1 unspecified atom stereocenters. The Kier molecular flexibility index (Phi) is 1.64. The maximum atomic E-state index is 6.01. The fraction of sp³-hybridized carbons (Fsp3) is 0.167. The van der Waals surface area contributed by atoms with Gasteiger partial charge in [-0.15, -0.1) is 0 Å². The van der Waals surface area contributed by atoms with Gasteiger partial charge in [0.05, 0.1) is 6.04 Å². The Balaban J connectivity index is 2.27. The van der Waals surface area contributed by atoms with Crippen LogP contribution in [0.25, 0.3) is 11.1 Å². The first-order valence-corrected chi connectivity index (χ1v) is 5.18. The molecule has 4 heteroatoms. The highest BCUT2D eigenvalue weighted by Gasteiger charge is 2.40. The van der Waals surface area contributed by atoms with E-state index in [2.05, 4.69) is 0 Å².